The maximum Gasteiger partial charge on any atom is 0.248 e. The molecule has 5 heteroatoms. The molecule has 1 aliphatic heterocycles. The monoisotopic (exact) mass is 259 g/mol. The zero-order chi connectivity index (χ0) is 13.8. The molecule has 0 radical (unpaired) electrons. The standard InChI is InChI=1S/C14H17N3O2/c1-3-13(18)17-9-5-7-11(17)14(19)16-12-8-4-6-10(2)15-12/h3-4,6,8,11H,1,5,7,9H2,2H3,(H,15,16,19)/t11-/m0/s1. The van der Waals surface area contributed by atoms with Gasteiger partial charge in [-0.1, -0.05) is 12.6 Å². The lowest BCUT2D eigenvalue weighted by Crippen LogP contribution is -2.42. The second-order valence-corrected chi connectivity index (χ2v) is 4.55. The van der Waals surface area contributed by atoms with Crippen LogP contribution in [0, 0.1) is 6.92 Å². The molecule has 0 spiro atoms. The Morgan fingerprint density at radius 3 is 3.00 bits per heavy atom. The Morgan fingerprint density at radius 1 is 1.53 bits per heavy atom. The molecule has 0 unspecified atom stereocenters. The van der Waals surface area contributed by atoms with Crippen LogP contribution in [0.15, 0.2) is 30.9 Å². The predicted molar refractivity (Wildman–Crippen MR) is 72.5 cm³/mol. The van der Waals surface area contributed by atoms with E-state index in [1.54, 1.807) is 11.0 Å². The lowest BCUT2D eigenvalue weighted by molar-refractivity contribution is -0.132. The number of hydrogen-bond acceptors (Lipinski definition) is 3. The lowest BCUT2D eigenvalue weighted by Gasteiger charge is -2.22. The number of likely N-dealkylation sites (tertiary alicyclic amines) is 1. The van der Waals surface area contributed by atoms with Gasteiger partial charge >= 0.3 is 0 Å². The molecule has 0 saturated carbocycles. The van der Waals surface area contributed by atoms with Crippen LogP contribution in [0.5, 0.6) is 0 Å². The van der Waals surface area contributed by atoms with Crippen molar-refractivity contribution >= 4 is 17.6 Å². The smallest absolute Gasteiger partial charge is 0.248 e. The van der Waals surface area contributed by atoms with E-state index in [0.717, 1.165) is 12.1 Å². The molecule has 5 nitrogen and oxygen atoms in total. The molecule has 1 saturated heterocycles. The first-order chi connectivity index (χ1) is 9.11. The van der Waals surface area contributed by atoms with Gasteiger partial charge in [0.05, 0.1) is 0 Å². The van der Waals surface area contributed by atoms with Crippen molar-refractivity contribution in [1.82, 2.24) is 9.88 Å². The van der Waals surface area contributed by atoms with Gasteiger partial charge < -0.3 is 10.2 Å². The van der Waals surface area contributed by atoms with Gasteiger partial charge in [-0.05, 0) is 38.0 Å². The molecule has 0 aliphatic carbocycles. The van der Waals surface area contributed by atoms with Crippen molar-refractivity contribution in [3.8, 4) is 0 Å². The van der Waals surface area contributed by atoms with Crippen LogP contribution in [-0.4, -0.2) is 34.3 Å². The number of carbonyl (C=O) groups is 2. The van der Waals surface area contributed by atoms with Crippen molar-refractivity contribution in [3.63, 3.8) is 0 Å². The fourth-order valence-corrected chi connectivity index (χ4v) is 2.24. The zero-order valence-electron chi connectivity index (χ0n) is 10.9. The number of aromatic nitrogens is 1. The number of pyridine rings is 1. The molecule has 1 aliphatic rings. The SMILES string of the molecule is C=CC(=O)N1CCC[C@H]1C(=O)Nc1cccc(C)n1. The molecule has 0 aromatic carbocycles. The topological polar surface area (TPSA) is 62.3 Å². The Balaban J connectivity index is 2.07. The van der Waals surface area contributed by atoms with Gasteiger partial charge in [0, 0.05) is 12.2 Å². The van der Waals surface area contributed by atoms with Crippen molar-refractivity contribution in [1.29, 1.82) is 0 Å². The summed E-state index contributed by atoms with van der Waals surface area (Å²) in [5.41, 5.74) is 0.836. The molecule has 1 aromatic heterocycles. The summed E-state index contributed by atoms with van der Waals surface area (Å²) in [6.45, 7) is 5.92. The van der Waals surface area contributed by atoms with Gasteiger partial charge in [0.25, 0.3) is 0 Å². The number of aryl methyl sites for hydroxylation is 1. The maximum absolute atomic E-state index is 12.2. The summed E-state index contributed by atoms with van der Waals surface area (Å²) in [4.78, 5) is 29.6. The van der Waals surface area contributed by atoms with E-state index in [4.69, 9.17) is 0 Å². The summed E-state index contributed by atoms with van der Waals surface area (Å²) in [7, 11) is 0. The molecule has 19 heavy (non-hydrogen) atoms. The van der Waals surface area contributed by atoms with Crippen LogP contribution >= 0.6 is 0 Å². The number of anilines is 1. The second kappa shape index (κ2) is 5.65. The first kappa shape index (κ1) is 13.3. The molecule has 1 aromatic rings. The average molecular weight is 259 g/mol. The van der Waals surface area contributed by atoms with Crippen LogP contribution in [0.25, 0.3) is 0 Å². The fraction of sp³-hybridized carbons (Fsp3) is 0.357. The van der Waals surface area contributed by atoms with Gasteiger partial charge in [0.2, 0.25) is 11.8 Å². The summed E-state index contributed by atoms with van der Waals surface area (Å²) < 4.78 is 0. The minimum Gasteiger partial charge on any atom is -0.327 e. The Labute approximate surface area is 112 Å². The Morgan fingerprint density at radius 2 is 2.32 bits per heavy atom. The third-order valence-corrected chi connectivity index (χ3v) is 3.15. The molecule has 1 N–H and O–H groups in total. The van der Waals surface area contributed by atoms with E-state index in [9.17, 15) is 9.59 Å². The van der Waals surface area contributed by atoms with Gasteiger partial charge in [-0.2, -0.15) is 0 Å². The maximum atomic E-state index is 12.2. The third kappa shape index (κ3) is 2.99. The fourth-order valence-electron chi connectivity index (χ4n) is 2.24. The van der Waals surface area contributed by atoms with E-state index < -0.39 is 6.04 Å². The Kier molecular flexibility index (Phi) is 3.94. The van der Waals surface area contributed by atoms with Crippen molar-refractivity contribution in [2.75, 3.05) is 11.9 Å². The summed E-state index contributed by atoms with van der Waals surface area (Å²) in [5, 5.41) is 2.76. The molecule has 0 bridgehead atoms. The minimum absolute atomic E-state index is 0.189. The van der Waals surface area contributed by atoms with Crippen LogP contribution in [-0.2, 0) is 9.59 Å². The Hall–Kier alpha value is -2.17. The van der Waals surface area contributed by atoms with Crippen molar-refractivity contribution < 1.29 is 9.59 Å². The van der Waals surface area contributed by atoms with Gasteiger partial charge in [-0.25, -0.2) is 4.98 Å². The molecular formula is C14H17N3O2. The van der Waals surface area contributed by atoms with E-state index in [1.807, 2.05) is 19.1 Å². The lowest BCUT2D eigenvalue weighted by atomic mass is 10.2. The zero-order valence-corrected chi connectivity index (χ0v) is 10.9. The van der Waals surface area contributed by atoms with Crippen LogP contribution in [0.2, 0.25) is 0 Å². The van der Waals surface area contributed by atoms with Gasteiger partial charge in [0.15, 0.2) is 0 Å². The van der Waals surface area contributed by atoms with Gasteiger partial charge in [-0.15, -0.1) is 0 Å². The molecule has 2 rings (SSSR count). The van der Waals surface area contributed by atoms with Crippen LogP contribution in [0.4, 0.5) is 5.82 Å². The molecule has 1 fully saturated rings. The third-order valence-electron chi connectivity index (χ3n) is 3.15. The van der Waals surface area contributed by atoms with E-state index in [1.165, 1.54) is 6.08 Å². The largest absolute Gasteiger partial charge is 0.327 e. The highest BCUT2D eigenvalue weighted by molar-refractivity contribution is 5.98. The first-order valence-corrected chi connectivity index (χ1v) is 6.29. The second-order valence-electron chi connectivity index (χ2n) is 4.55. The van der Waals surface area contributed by atoms with Gasteiger partial charge in [-0.3, -0.25) is 9.59 Å². The summed E-state index contributed by atoms with van der Waals surface area (Å²) in [6, 6.07) is 5.00. The molecule has 2 amide bonds. The van der Waals surface area contributed by atoms with E-state index in [0.29, 0.717) is 18.8 Å². The minimum atomic E-state index is -0.423. The summed E-state index contributed by atoms with van der Waals surface area (Å²) in [5.74, 6) is 0.128. The van der Waals surface area contributed by atoms with Crippen molar-refractivity contribution in [2.45, 2.75) is 25.8 Å². The summed E-state index contributed by atoms with van der Waals surface area (Å²) >= 11 is 0. The Bertz CT molecular complexity index is 513. The number of rotatable bonds is 3. The highest BCUT2D eigenvalue weighted by Gasteiger charge is 2.33. The first-order valence-electron chi connectivity index (χ1n) is 6.29. The van der Waals surface area contributed by atoms with E-state index in [2.05, 4.69) is 16.9 Å². The summed E-state index contributed by atoms with van der Waals surface area (Å²) in [6.07, 6.45) is 2.76. The number of hydrogen-bond donors (Lipinski definition) is 1. The molecule has 1 atom stereocenters. The molecular weight excluding hydrogens is 242 g/mol. The van der Waals surface area contributed by atoms with E-state index in [-0.39, 0.29) is 11.8 Å². The van der Waals surface area contributed by atoms with Crippen LogP contribution in [0.1, 0.15) is 18.5 Å². The normalized spacial score (nSPS) is 18.2. The molecule has 100 valence electrons. The van der Waals surface area contributed by atoms with Crippen molar-refractivity contribution in [2.24, 2.45) is 0 Å². The van der Waals surface area contributed by atoms with Crippen molar-refractivity contribution in [3.05, 3.63) is 36.5 Å². The number of nitrogens with one attached hydrogen (secondary N) is 1. The highest BCUT2D eigenvalue weighted by Crippen LogP contribution is 2.19. The average Bonchev–Trinajstić information content (AvgIpc) is 2.87. The quantitative estimate of drug-likeness (QED) is 0.837. The highest BCUT2D eigenvalue weighted by atomic mass is 16.2. The van der Waals surface area contributed by atoms with Gasteiger partial charge in [0.1, 0.15) is 11.9 Å². The number of nitrogens with zero attached hydrogens (tertiary/aromatic N) is 2. The molecule has 2 heterocycles. The van der Waals surface area contributed by atoms with Crippen LogP contribution in [0.3, 0.4) is 0 Å². The van der Waals surface area contributed by atoms with Crippen LogP contribution < -0.4 is 5.32 Å². The van der Waals surface area contributed by atoms with E-state index >= 15 is 0 Å². The predicted octanol–water partition coefficient (Wildman–Crippen LogP) is 1.51. The number of carbonyl (C=O) groups excluding carboxylic acids is 2. The number of amides is 2.